The fraction of sp³-hybridized carbons (Fsp3) is 0.333. The largest absolute Gasteiger partial charge is 0.489 e. The fourth-order valence-corrected chi connectivity index (χ4v) is 5.18. The minimum Gasteiger partial charge on any atom is -0.489 e. The molecule has 3 aliphatic heterocycles. The summed E-state index contributed by atoms with van der Waals surface area (Å²) in [6.45, 7) is 1.91. The van der Waals surface area contributed by atoms with E-state index in [0.29, 0.717) is 48.7 Å². The van der Waals surface area contributed by atoms with E-state index in [-0.39, 0.29) is 29.4 Å². The monoisotopic (exact) mass is 505 g/mol. The van der Waals surface area contributed by atoms with Crippen LogP contribution >= 0.6 is 0 Å². The summed E-state index contributed by atoms with van der Waals surface area (Å²) in [6.07, 6.45) is 3.91. The number of carbonyl (C=O) groups excluding carboxylic acids is 2. The second-order valence-electron chi connectivity index (χ2n) is 9.61. The van der Waals surface area contributed by atoms with Crippen molar-refractivity contribution in [3.63, 3.8) is 0 Å². The first-order valence-electron chi connectivity index (χ1n) is 12.3. The lowest BCUT2D eigenvalue weighted by atomic mass is 10.0. The van der Waals surface area contributed by atoms with Crippen molar-refractivity contribution in [3.8, 4) is 16.9 Å². The first-order valence-corrected chi connectivity index (χ1v) is 12.3. The van der Waals surface area contributed by atoms with Gasteiger partial charge in [0.05, 0.1) is 11.7 Å². The molecule has 3 aliphatic rings. The number of ether oxygens (including phenoxy) is 1. The van der Waals surface area contributed by atoms with Crippen LogP contribution in [0.25, 0.3) is 11.1 Å². The van der Waals surface area contributed by atoms with Crippen LogP contribution in [0.15, 0.2) is 48.7 Å². The standard InChI is InChI=1S/C27H25F2N5O3/c1-27(28,29)25-20(16-4-7-18(8-5-16)33-12-2-3-23(33)35)14-30-26(32-25)31-17-6-10-22-21(13-17)34-19(15-37-22)9-11-24(34)36/h4-8,10,13-14,19H,2-3,9,11-12,15H2,1H3,(H,30,31,32). The summed E-state index contributed by atoms with van der Waals surface area (Å²) in [7, 11) is 0. The molecule has 1 aromatic heterocycles. The summed E-state index contributed by atoms with van der Waals surface area (Å²) in [5.41, 5.74) is 2.28. The summed E-state index contributed by atoms with van der Waals surface area (Å²) in [4.78, 5) is 36.3. The van der Waals surface area contributed by atoms with Gasteiger partial charge < -0.3 is 19.9 Å². The molecule has 1 atom stereocenters. The Morgan fingerprint density at radius 1 is 1.08 bits per heavy atom. The number of benzene rings is 2. The van der Waals surface area contributed by atoms with Gasteiger partial charge in [0.2, 0.25) is 17.8 Å². The number of rotatable bonds is 5. The molecule has 3 aromatic rings. The molecule has 8 nitrogen and oxygen atoms in total. The molecule has 2 aromatic carbocycles. The van der Waals surface area contributed by atoms with Gasteiger partial charge in [0, 0.05) is 49.4 Å². The summed E-state index contributed by atoms with van der Waals surface area (Å²) in [5, 5.41) is 3.00. The summed E-state index contributed by atoms with van der Waals surface area (Å²) >= 11 is 0. The van der Waals surface area contributed by atoms with Crippen LogP contribution in [0.1, 0.15) is 38.3 Å². The molecule has 2 fully saturated rings. The highest BCUT2D eigenvalue weighted by atomic mass is 19.3. The number of alkyl halides is 2. The Hall–Kier alpha value is -4.08. The third-order valence-electron chi connectivity index (χ3n) is 7.00. The van der Waals surface area contributed by atoms with E-state index < -0.39 is 11.6 Å². The van der Waals surface area contributed by atoms with Gasteiger partial charge in [-0.05, 0) is 48.7 Å². The number of nitrogens with zero attached hydrogens (tertiary/aromatic N) is 4. The second kappa shape index (κ2) is 8.79. The van der Waals surface area contributed by atoms with Gasteiger partial charge in [0.15, 0.2) is 0 Å². The average Bonchev–Trinajstić information content (AvgIpc) is 3.49. The third-order valence-corrected chi connectivity index (χ3v) is 7.00. The van der Waals surface area contributed by atoms with Gasteiger partial charge in [-0.3, -0.25) is 9.59 Å². The van der Waals surface area contributed by atoms with Crippen molar-refractivity contribution in [2.24, 2.45) is 0 Å². The molecule has 37 heavy (non-hydrogen) atoms. The van der Waals surface area contributed by atoms with Crippen LogP contribution in [-0.2, 0) is 15.5 Å². The van der Waals surface area contributed by atoms with E-state index in [2.05, 4.69) is 15.3 Å². The van der Waals surface area contributed by atoms with E-state index >= 15 is 0 Å². The van der Waals surface area contributed by atoms with Gasteiger partial charge >= 0.3 is 0 Å². The first kappa shape index (κ1) is 23.3. The van der Waals surface area contributed by atoms with E-state index in [1.54, 1.807) is 52.3 Å². The number of nitrogens with one attached hydrogen (secondary N) is 1. The molecular formula is C27H25F2N5O3. The Morgan fingerprint density at radius 3 is 2.62 bits per heavy atom. The lowest BCUT2D eigenvalue weighted by Crippen LogP contribution is -2.40. The molecule has 0 radical (unpaired) electrons. The maximum Gasteiger partial charge on any atom is 0.287 e. The Morgan fingerprint density at radius 2 is 1.89 bits per heavy atom. The van der Waals surface area contributed by atoms with E-state index in [9.17, 15) is 18.4 Å². The Bertz CT molecular complexity index is 1390. The van der Waals surface area contributed by atoms with Gasteiger partial charge in [-0.15, -0.1) is 0 Å². The minimum absolute atomic E-state index is 0.00569. The van der Waals surface area contributed by atoms with Crippen molar-refractivity contribution < 1.29 is 23.1 Å². The van der Waals surface area contributed by atoms with Crippen LogP contribution in [0, 0.1) is 0 Å². The predicted molar refractivity (Wildman–Crippen MR) is 134 cm³/mol. The second-order valence-corrected chi connectivity index (χ2v) is 9.61. The number of aromatic nitrogens is 2. The van der Waals surface area contributed by atoms with Crippen LogP contribution in [0.2, 0.25) is 0 Å². The molecule has 1 N–H and O–H groups in total. The number of carbonyl (C=O) groups is 2. The number of hydrogen-bond acceptors (Lipinski definition) is 6. The van der Waals surface area contributed by atoms with Crippen LogP contribution < -0.4 is 19.9 Å². The lowest BCUT2D eigenvalue weighted by Gasteiger charge is -2.32. The maximum absolute atomic E-state index is 14.7. The molecule has 0 aliphatic carbocycles. The minimum atomic E-state index is -3.23. The maximum atomic E-state index is 14.7. The van der Waals surface area contributed by atoms with E-state index in [1.807, 2.05) is 0 Å². The number of halogens is 2. The fourth-order valence-electron chi connectivity index (χ4n) is 5.18. The summed E-state index contributed by atoms with van der Waals surface area (Å²) < 4.78 is 35.2. The van der Waals surface area contributed by atoms with Crippen molar-refractivity contribution >= 4 is 34.8 Å². The van der Waals surface area contributed by atoms with Crippen molar-refractivity contribution in [3.05, 3.63) is 54.4 Å². The van der Waals surface area contributed by atoms with E-state index in [4.69, 9.17) is 4.74 Å². The highest BCUT2D eigenvalue weighted by Crippen LogP contribution is 2.41. The predicted octanol–water partition coefficient (Wildman–Crippen LogP) is 5.01. The molecule has 1 unspecified atom stereocenters. The Balaban J connectivity index is 1.29. The quantitative estimate of drug-likeness (QED) is 0.524. The molecule has 2 saturated heterocycles. The molecule has 2 amide bonds. The molecule has 6 rings (SSSR count). The van der Waals surface area contributed by atoms with E-state index in [1.165, 1.54) is 6.20 Å². The zero-order chi connectivity index (χ0) is 25.7. The highest BCUT2D eigenvalue weighted by Gasteiger charge is 2.37. The van der Waals surface area contributed by atoms with Crippen molar-refractivity contribution in [1.82, 2.24) is 9.97 Å². The molecule has 0 spiro atoms. The normalized spacial score (nSPS) is 19.1. The molecule has 190 valence electrons. The van der Waals surface area contributed by atoms with E-state index in [0.717, 1.165) is 25.5 Å². The van der Waals surface area contributed by atoms with Gasteiger partial charge in [-0.1, -0.05) is 12.1 Å². The Labute approximate surface area is 212 Å². The SMILES string of the molecule is CC(F)(F)c1nc(Nc2ccc3c(c2)N2C(=O)CCC2CO3)ncc1-c1ccc(N2CCCC2=O)cc1. The zero-order valence-corrected chi connectivity index (χ0v) is 20.2. The zero-order valence-electron chi connectivity index (χ0n) is 20.2. The van der Waals surface area contributed by atoms with Crippen LogP contribution in [0.3, 0.4) is 0 Å². The van der Waals surface area contributed by atoms with Crippen molar-refractivity contribution in [2.45, 2.75) is 44.6 Å². The number of amides is 2. The van der Waals surface area contributed by atoms with Crippen LogP contribution in [0.5, 0.6) is 5.75 Å². The van der Waals surface area contributed by atoms with Crippen LogP contribution in [0.4, 0.5) is 31.8 Å². The van der Waals surface area contributed by atoms with Gasteiger partial charge in [0.1, 0.15) is 18.1 Å². The summed E-state index contributed by atoms with van der Waals surface area (Å²) in [5.74, 6) is -2.50. The third kappa shape index (κ3) is 4.26. The Kier molecular flexibility index (Phi) is 5.54. The lowest BCUT2D eigenvalue weighted by molar-refractivity contribution is -0.118. The van der Waals surface area contributed by atoms with Crippen LogP contribution in [-0.4, -0.2) is 41.0 Å². The van der Waals surface area contributed by atoms with Crippen molar-refractivity contribution in [1.29, 1.82) is 0 Å². The van der Waals surface area contributed by atoms with Gasteiger partial charge in [-0.25, -0.2) is 9.97 Å². The molecule has 4 heterocycles. The van der Waals surface area contributed by atoms with Gasteiger partial charge in [-0.2, -0.15) is 8.78 Å². The summed E-state index contributed by atoms with van der Waals surface area (Å²) in [6, 6.07) is 12.2. The molecular weight excluding hydrogens is 480 g/mol. The number of hydrogen-bond donors (Lipinski definition) is 1. The first-order chi connectivity index (χ1) is 17.8. The van der Waals surface area contributed by atoms with Crippen molar-refractivity contribution in [2.75, 3.05) is 28.3 Å². The van der Waals surface area contributed by atoms with Gasteiger partial charge in [0.25, 0.3) is 5.92 Å². The number of fused-ring (bicyclic) bond motifs is 3. The average molecular weight is 506 g/mol. The topological polar surface area (TPSA) is 87.7 Å². The molecule has 0 bridgehead atoms. The number of anilines is 4. The highest BCUT2D eigenvalue weighted by molar-refractivity contribution is 5.99. The molecule has 10 heteroatoms. The molecule has 0 saturated carbocycles. The smallest absolute Gasteiger partial charge is 0.287 e.